The molecule has 0 spiro atoms. The van der Waals surface area contributed by atoms with Crippen LogP contribution in [0.3, 0.4) is 0 Å². The number of halogens is 2. The van der Waals surface area contributed by atoms with Crippen molar-refractivity contribution >= 4 is 44.2 Å². The molecule has 0 fully saturated rings. The minimum Gasteiger partial charge on any atom is -0.360 e. The Kier molecular flexibility index (Phi) is 6.04. The molecule has 0 aliphatic heterocycles. The van der Waals surface area contributed by atoms with E-state index in [1.54, 1.807) is 30.0 Å². The number of carbonyl (C=O) groups is 1. The zero-order chi connectivity index (χ0) is 22.1. The summed E-state index contributed by atoms with van der Waals surface area (Å²) < 4.78 is 19.7. The largest absolute Gasteiger partial charge is 0.360 e. The summed E-state index contributed by atoms with van der Waals surface area (Å²) in [6.07, 6.45) is 0. The van der Waals surface area contributed by atoms with Gasteiger partial charge >= 0.3 is 0 Å². The number of likely N-dealkylation sites (N-methyl/N-ethyl adjacent to an activating group) is 1. The lowest BCUT2D eigenvalue weighted by atomic mass is 10.1. The normalized spacial score (nSPS) is 11.4. The van der Waals surface area contributed by atoms with E-state index in [-0.39, 0.29) is 11.7 Å². The Labute approximate surface area is 187 Å². The predicted octanol–water partition coefficient (Wildman–Crippen LogP) is 5.26. The van der Waals surface area contributed by atoms with E-state index >= 15 is 0 Å². The summed E-state index contributed by atoms with van der Waals surface area (Å²) in [5.74, 6) is -0.248. The minimum absolute atomic E-state index is 0.296. The van der Waals surface area contributed by atoms with Gasteiger partial charge in [-0.15, -0.1) is 0 Å². The Morgan fingerprint density at radius 2 is 1.97 bits per heavy atom. The highest BCUT2D eigenvalue weighted by atomic mass is 35.5. The lowest BCUT2D eigenvalue weighted by Crippen LogP contribution is -2.37. The van der Waals surface area contributed by atoms with Crippen molar-refractivity contribution in [1.29, 1.82) is 0 Å². The smallest absolute Gasteiger partial charge is 0.266 e. The van der Waals surface area contributed by atoms with E-state index in [1.807, 2.05) is 31.1 Å². The van der Waals surface area contributed by atoms with Crippen LogP contribution in [0.5, 0.6) is 0 Å². The Morgan fingerprint density at radius 3 is 2.71 bits per heavy atom. The molecular weight excluding hydrogens is 439 g/mol. The second-order valence-electron chi connectivity index (χ2n) is 7.31. The third-order valence-corrected chi connectivity index (χ3v) is 6.16. The molecule has 4 aromatic rings. The average molecular weight is 459 g/mol. The maximum absolute atomic E-state index is 13.7. The molecule has 9 heteroatoms. The molecule has 2 heterocycles. The molecule has 0 unspecified atom stereocenters. The molecule has 0 bridgehead atoms. The van der Waals surface area contributed by atoms with E-state index in [1.165, 1.54) is 23.5 Å². The molecule has 0 aliphatic rings. The quantitative estimate of drug-likeness (QED) is 0.394. The van der Waals surface area contributed by atoms with Gasteiger partial charge in [-0.3, -0.25) is 9.69 Å². The first kappa shape index (κ1) is 21.4. The van der Waals surface area contributed by atoms with Crippen LogP contribution >= 0.6 is 22.9 Å². The third kappa shape index (κ3) is 4.32. The van der Waals surface area contributed by atoms with E-state index < -0.39 is 0 Å². The first-order valence-corrected chi connectivity index (χ1v) is 10.8. The highest BCUT2D eigenvalue weighted by Crippen LogP contribution is 2.34. The monoisotopic (exact) mass is 458 g/mol. The van der Waals surface area contributed by atoms with Gasteiger partial charge in [-0.05, 0) is 45.3 Å². The fourth-order valence-corrected chi connectivity index (χ4v) is 4.42. The molecule has 0 N–H and O–H groups in total. The number of rotatable bonds is 6. The summed E-state index contributed by atoms with van der Waals surface area (Å²) in [5.41, 5.74) is 1.97. The lowest BCUT2D eigenvalue weighted by Gasteiger charge is -2.22. The van der Waals surface area contributed by atoms with Crippen molar-refractivity contribution in [1.82, 2.24) is 15.0 Å². The summed E-state index contributed by atoms with van der Waals surface area (Å²) in [6, 6.07) is 11.6. The van der Waals surface area contributed by atoms with E-state index in [2.05, 4.69) is 10.1 Å². The molecule has 0 radical (unpaired) electrons. The summed E-state index contributed by atoms with van der Waals surface area (Å²) in [6.45, 7) is 2.70. The van der Waals surface area contributed by atoms with Gasteiger partial charge < -0.3 is 9.42 Å². The molecule has 0 saturated heterocycles. The van der Waals surface area contributed by atoms with Gasteiger partial charge in [0.15, 0.2) is 5.13 Å². The molecule has 0 atom stereocenters. The average Bonchev–Trinajstić information content (AvgIpc) is 3.31. The molecule has 31 heavy (non-hydrogen) atoms. The number of carbonyl (C=O) groups excluding carboxylic acids is 1. The summed E-state index contributed by atoms with van der Waals surface area (Å²) >= 11 is 7.62. The SMILES string of the molecule is Cc1onc(-c2ccccc2Cl)c1C(=O)N(CCN(C)C)c1nc2ccc(F)cc2s1. The first-order valence-electron chi connectivity index (χ1n) is 9.59. The van der Waals surface area contributed by atoms with Gasteiger partial charge in [-0.25, -0.2) is 9.37 Å². The van der Waals surface area contributed by atoms with E-state index in [9.17, 15) is 9.18 Å². The van der Waals surface area contributed by atoms with Crippen molar-refractivity contribution < 1.29 is 13.7 Å². The van der Waals surface area contributed by atoms with Crippen molar-refractivity contribution in [2.75, 3.05) is 32.1 Å². The number of anilines is 1. The van der Waals surface area contributed by atoms with Gasteiger partial charge in [0.25, 0.3) is 5.91 Å². The number of hydrogen-bond acceptors (Lipinski definition) is 6. The highest BCUT2D eigenvalue weighted by Gasteiger charge is 2.29. The Balaban J connectivity index is 1.80. The minimum atomic E-state index is -0.343. The summed E-state index contributed by atoms with van der Waals surface area (Å²) in [5, 5.41) is 5.07. The van der Waals surface area contributed by atoms with Crippen molar-refractivity contribution in [3.05, 3.63) is 64.6 Å². The number of aromatic nitrogens is 2. The van der Waals surface area contributed by atoms with Crippen LogP contribution in [0.4, 0.5) is 9.52 Å². The fraction of sp³-hybridized carbons (Fsp3) is 0.227. The zero-order valence-corrected chi connectivity index (χ0v) is 18.8. The van der Waals surface area contributed by atoms with Crippen LogP contribution in [-0.4, -0.2) is 48.1 Å². The van der Waals surface area contributed by atoms with Crippen molar-refractivity contribution in [2.45, 2.75) is 6.92 Å². The number of amides is 1. The lowest BCUT2D eigenvalue weighted by molar-refractivity contribution is 0.0984. The molecule has 2 aromatic carbocycles. The summed E-state index contributed by atoms with van der Waals surface area (Å²) in [4.78, 5) is 21.9. The number of hydrogen-bond donors (Lipinski definition) is 0. The van der Waals surface area contributed by atoms with Crippen LogP contribution in [-0.2, 0) is 0 Å². The summed E-state index contributed by atoms with van der Waals surface area (Å²) in [7, 11) is 3.85. The Hall–Kier alpha value is -2.81. The number of thiazole rings is 1. The standard InChI is InChI=1S/C22H20ClFN4O2S/c1-13-19(20(26-30-13)15-6-4-5-7-16(15)23)21(29)28(11-10-27(2)3)22-25-17-9-8-14(24)12-18(17)31-22/h4-9,12H,10-11H2,1-3H3. The maximum atomic E-state index is 13.7. The van der Waals surface area contributed by atoms with Crippen LogP contribution in [0.1, 0.15) is 16.1 Å². The highest BCUT2D eigenvalue weighted by molar-refractivity contribution is 7.22. The van der Waals surface area contributed by atoms with Crippen LogP contribution in [0.15, 0.2) is 47.0 Å². The van der Waals surface area contributed by atoms with Crippen molar-refractivity contribution in [3.63, 3.8) is 0 Å². The van der Waals surface area contributed by atoms with Crippen LogP contribution in [0.2, 0.25) is 5.02 Å². The molecule has 0 aliphatic carbocycles. The molecule has 2 aromatic heterocycles. The number of benzene rings is 2. The third-order valence-electron chi connectivity index (χ3n) is 4.79. The Bertz CT molecular complexity index is 1250. The molecule has 160 valence electrons. The second-order valence-corrected chi connectivity index (χ2v) is 8.73. The Morgan fingerprint density at radius 1 is 1.19 bits per heavy atom. The van der Waals surface area contributed by atoms with Gasteiger partial charge in [-0.2, -0.15) is 0 Å². The van der Waals surface area contributed by atoms with Gasteiger partial charge in [0, 0.05) is 18.7 Å². The van der Waals surface area contributed by atoms with Crippen LogP contribution in [0, 0.1) is 12.7 Å². The van der Waals surface area contributed by atoms with Gasteiger partial charge in [0.05, 0.1) is 15.2 Å². The topological polar surface area (TPSA) is 62.5 Å². The van der Waals surface area contributed by atoms with E-state index in [4.69, 9.17) is 16.1 Å². The van der Waals surface area contributed by atoms with Gasteiger partial charge in [0.2, 0.25) is 0 Å². The molecule has 4 rings (SSSR count). The zero-order valence-electron chi connectivity index (χ0n) is 17.2. The van der Waals surface area contributed by atoms with Gasteiger partial charge in [-0.1, -0.05) is 46.3 Å². The van der Waals surface area contributed by atoms with Crippen LogP contribution < -0.4 is 4.90 Å². The number of fused-ring (bicyclic) bond motifs is 1. The van der Waals surface area contributed by atoms with E-state index in [0.29, 0.717) is 56.0 Å². The number of nitrogens with zero attached hydrogens (tertiary/aromatic N) is 4. The molecule has 1 amide bonds. The molecule has 6 nitrogen and oxygen atoms in total. The van der Waals surface area contributed by atoms with Crippen molar-refractivity contribution in [2.24, 2.45) is 0 Å². The first-order chi connectivity index (χ1) is 14.8. The molecule has 0 saturated carbocycles. The van der Waals surface area contributed by atoms with Crippen molar-refractivity contribution in [3.8, 4) is 11.3 Å². The molecular formula is C22H20ClFN4O2S. The van der Waals surface area contributed by atoms with Gasteiger partial charge in [0.1, 0.15) is 22.8 Å². The predicted molar refractivity (Wildman–Crippen MR) is 121 cm³/mol. The van der Waals surface area contributed by atoms with Crippen LogP contribution in [0.25, 0.3) is 21.5 Å². The maximum Gasteiger partial charge on any atom is 0.266 e. The second kappa shape index (κ2) is 8.74. The number of aryl methyl sites for hydroxylation is 1. The van der Waals surface area contributed by atoms with E-state index in [0.717, 1.165) is 0 Å². The fourth-order valence-electron chi connectivity index (χ4n) is 3.18.